The van der Waals surface area contributed by atoms with Crippen LogP contribution in [0.2, 0.25) is 0 Å². The first-order chi connectivity index (χ1) is 11.9. The van der Waals surface area contributed by atoms with Crippen molar-refractivity contribution in [3.05, 3.63) is 11.6 Å². The van der Waals surface area contributed by atoms with Gasteiger partial charge in [0, 0.05) is 44.2 Å². The van der Waals surface area contributed by atoms with Gasteiger partial charge in [-0.25, -0.2) is 0 Å². The summed E-state index contributed by atoms with van der Waals surface area (Å²) in [5.74, 6) is 0.903. The van der Waals surface area contributed by atoms with E-state index in [0.29, 0.717) is 24.3 Å². The second-order valence-electron chi connectivity index (χ2n) is 7.81. The lowest BCUT2D eigenvalue weighted by molar-refractivity contribution is -0.134. The van der Waals surface area contributed by atoms with Crippen molar-refractivity contribution in [1.82, 2.24) is 14.7 Å². The summed E-state index contributed by atoms with van der Waals surface area (Å²) in [5, 5.41) is 0. The zero-order chi connectivity index (χ0) is 18.4. The molecular formula is C20H35N3O2. The Bertz CT molecular complexity index is 485. The number of carbonyl (C=O) groups is 2. The predicted octanol–water partition coefficient (Wildman–Crippen LogP) is 2.52. The van der Waals surface area contributed by atoms with Crippen LogP contribution in [-0.2, 0) is 9.59 Å². The number of rotatable bonds is 5. The van der Waals surface area contributed by atoms with Crippen molar-refractivity contribution in [2.24, 2.45) is 5.92 Å². The fourth-order valence-corrected chi connectivity index (χ4v) is 3.99. The van der Waals surface area contributed by atoms with Gasteiger partial charge in [-0.2, -0.15) is 0 Å². The lowest BCUT2D eigenvalue weighted by Crippen LogP contribution is -2.45. The molecule has 0 atom stereocenters. The van der Waals surface area contributed by atoms with Gasteiger partial charge in [0.2, 0.25) is 11.8 Å². The predicted molar refractivity (Wildman–Crippen MR) is 101 cm³/mol. The molecular weight excluding hydrogens is 314 g/mol. The minimum atomic E-state index is 0.164. The van der Waals surface area contributed by atoms with Crippen molar-refractivity contribution in [2.75, 3.05) is 40.3 Å². The third kappa shape index (κ3) is 5.56. The summed E-state index contributed by atoms with van der Waals surface area (Å²) < 4.78 is 0. The molecule has 2 heterocycles. The highest BCUT2D eigenvalue weighted by Gasteiger charge is 2.28. The summed E-state index contributed by atoms with van der Waals surface area (Å²) >= 11 is 0. The Hall–Kier alpha value is -1.36. The molecule has 0 bridgehead atoms. The second-order valence-corrected chi connectivity index (χ2v) is 7.81. The molecule has 0 aliphatic carbocycles. The summed E-state index contributed by atoms with van der Waals surface area (Å²) in [6.07, 6.45) is 7.60. The molecule has 2 amide bonds. The Morgan fingerprint density at radius 3 is 2.08 bits per heavy atom. The van der Waals surface area contributed by atoms with Crippen LogP contribution in [0.3, 0.4) is 0 Å². The summed E-state index contributed by atoms with van der Waals surface area (Å²) in [7, 11) is 4.24. The van der Waals surface area contributed by atoms with Crippen LogP contribution < -0.4 is 0 Å². The van der Waals surface area contributed by atoms with Crippen LogP contribution in [0.25, 0.3) is 0 Å². The zero-order valence-electron chi connectivity index (χ0n) is 16.5. The van der Waals surface area contributed by atoms with E-state index in [1.807, 2.05) is 22.8 Å². The van der Waals surface area contributed by atoms with E-state index in [0.717, 1.165) is 63.9 Å². The highest BCUT2D eigenvalue weighted by molar-refractivity contribution is 5.92. The number of hydrogen-bond donors (Lipinski definition) is 0. The number of amides is 2. The highest BCUT2D eigenvalue weighted by Crippen LogP contribution is 2.24. The minimum absolute atomic E-state index is 0.164. The molecule has 0 unspecified atom stereocenters. The quantitative estimate of drug-likeness (QED) is 0.717. The largest absolute Gasteiger partial charge is 0.343 e. The maximum Gasteiger partial charge on any atom is 0.249 e. The van der Waals surface area contributed by atoms with E-state index in [1.54, 1.807) is 0 Å². The Morgan fingerprint density at radius 1 is 1.00 bits per heavy atom. The van der Waals surface area contributed by atoms with Crippen LogP contribution in [0, 0.1) is 5.92 Å². The van der Waals surface area contributed by atoms with E-state index in [2.05, 4.69) is 25.9 Å². The van der Waals surface area contributed by atoms with Gasteiger partial charge in [0.15, 0.2) is 0 Å². The van der Waals surface area contributed by atoms with E-state index in [4.69, 9.17) is 0 Å². The number of likely N-dealkylation sites (tertiary alicyclic amines) is 2. The summed E-state index contributed by atoms with van der Waals surface area (Å²) in [6.45, 7) is 7.30. The van der Waals surface area contributed by atoms with Gasteiger partial charge < -0.3 is 14.7 Å². The first kappa shape index (κ1) is 20.0. The van der Waals surface area contributed by atoms with Crippen molar-refractivity contribution in [3.8, 4) is 0 Å². The molecule has 5 heteroatoms. The highest BCUT2D eigenvalue weighted by atomic mass is 16.2. The lowest BCUT2D eigenvalue weighted by Gasteiger charge is -2.37. The number of hydrogen-bond acceptors (Lipinski definition) is 3. The molecule has 2 aliphatic heterocycles. The fraction of sp³-hybridized carbons (Fsp3) is 0.800. The Morgan fingerprint density at radius 2 is 1.56 bits per heavy atom. The van der Waals surface area contributed by atoms with Gasteiger partial charge in [-0.15, -0.1) is 0 Å². The normalized spacial score (nSPS) is 21.1. The van der Waals surface area contributed by atoms with Gasteiger partial charge in [-0.3, -0.25) is 9.59 Å². The Balaban J connectivity index is 1.74. The molecule has 5 nitrogen and oxygen atoms in total. The Kier molecular flexibility index (Phi) is 7.48. The Labute approximate surface area is 153 Å². The molecule has 0 radical (unpaired) electrons. The maximum atomic E-state index is 12.6. The topological polar surface area (TPSA) is 43.9 Å². The van der Waals surface area contributed by atoms with Crippen molar-refractivity contribution < 1.29 is 9.59 Å². The molecule has 142 valence electrons. The van der Waals surface area contributed by atoms with Gasteiger partial charge in [-0.05, 0) is 59.0 Å². The van der Waals surface area contributed by atoms with Crippen molar-refractivity contribution in [1.29, 1.82) is 0 Å². The summed E-state index contributed by atoms with van der Waals surface area (Å²) in [5.41, 5.74) is 0.848. The van der Waals surface area contributed by atoms with E-state index in [9.17, 15) is 9.59 Å². The fourth-order valence-electron chi connectivity index (χ4n) is 3.99. The molecule has 0 saturated carbocycles. The van der Waals surface area contributed by atoms with E-state index < -0.39 is 0 Å². The van der Waals surface area contributed by atoms with Crippen LogP contribution in [0.15, 0.2) is 11.6 Å². The van der Waals surface area contributed by atoms with E-state index in [1.165, 1.54) is 0 Å². The van der Waals surface area contributed by atoms with Gasteiger partial charge >= 0.3 is 0 Å². The molecule has 0 aromatic carbocycles. The third-order valence-electron chi connectivity index (χ3n) is 5.76. The van der Waals surface area contributed by atoms with Crippen LogP contribution in [0.1, 0.15) is 52.4 Å². The number of allylic oxidation sites excluding steroid dienone is 1. The molecule has 0 N–H and O–H groups in total. The number of nitrogens with zero attached hydrogens (tertiary/aromatic N) is 3. The van der Waals surface area contributed by atoms with Crippen molar-refractivity contribution in [2.45, 2.75) is 58.4 Å². The molecule has 0 spiro atoms. The van der Waals surface area contributed by atoms with Gasteiger partial charge in [0.1, 0.15) is 0 Å². The van der Waals surface area contributed by atoms with Crippen molar-refractivity contribution in [3.63, 3.8) is 0 Å². The van der Waals surface area contributed by atoms with Crippen LogP contribution in [-0.4, -0.2) is 72.8 Å². The zero-order valence-corrected chi connectivity index (χ0v) is 16.5. The van der Waals surface area contributed by atoms with Gasteiger partial charge in [0.25, 0.3) is 0 Å². The van der Waals surface area contributed by atoms with Gasteiger partial charge in [0.05, 0.1) is 0 Å². The molecule has 2 fully saturated rings. The first-order valence-electron chi connectivity index (χ1n) is 9.82. The van der Waals surface area contributed by atoms with E-state index >= 15 is 0 Å². The molecule has 2 aliphatic rings. The molecule has 25 heavy (non-hydrogen) atoms. The summed E-state index contributed by atoms with van der Waals surface area (Å²) in [4.78, 5) is 31.2. The SMILES string of the molecule is CC/C=C(/C)C(=O)N1CCC(CC(=O)N2CCC(N(C)C)CC2)CC1. The second kappa shape index (κ2) is 9.37. The molecule has 0 aromatic heterocycles. The lowest BCUT2D eigenvalue weighted by atomic mass is 9.92. The third-order valence-corrected chi connectivity index (χ3v) is 5.76. The first-order valence-corrected chi connectivity index (χ1v) is 9.82. The smallest absolute Gasteiger partial charge is 0.249 e. The van der Waals surface area contributed by atoms with Crippen LogP contribution in [0.4, 0.5) is 0 Å². The molecule has 2 saturated heterocycles. The molecule has 0 aromatic rings. The van der Waals surface area contributed by atoms with Crippen molar-refractivity contribution >= 4 is 11.8 Å². The summed E-state index contributed by atoms with van der Waals surface area (Å²) in [6, 6.07) is 0.609. The van der Waals surface area contributed by atoms with Crippen LogP contribution >= 0.6 is 0 Å². The monoisotopic (exact) mass is 349 g/mol. The number of piperidine rings is 2. The maximum absolute atomic E-state index is 12.6. The average Bonchev–Trinajstić information content (AvgIpc) is 2.62. The molecule has 2 rings (SSSR count). The number of carbonyl (C=O) groups excluding carboxylic acids is 2. The van der Waals surface area contributed by atoms with E-state index in [-0.39, 0.29) is 5.91 Å². The van der Waals surface area contributed by atoms with Gasteiger partial charge in [-0.1, -0.05) is 13.0 Å². The minimum Gasteiger partial charge on any atom is -0.343 e. The van der Waals surface area contributed by atoms with Crippen LogP contribution in [0.5, 0.6) is 0 Å². The standard InChI is InChI=1S/C20H35N3O2/c1-5-6-16(2)20(25)23-11-7-17(8-12-23)15-19(24)22-13-9-18(10-14-22)21(3)4/h6,17-18H,5,7-15H2,1-4H3/b16-6-. The average molecular weight is 350 g/mol.